The van der Waals surface area contributed by atoms with Crippen LogP contribution in [-0.4, -0.2) is 278 Å². The highest BCUT2D eigenvalue weighted by atomic mass is 19.4. The zero-order valence-corrected chi connectivity index (χ0v) is 78.3. The highest BCUT2D eigenvalue weighted by molar-refractivity contribution is 5.94. The Balaban J connectivity index is 0.000000127. The quantitative estimate of drug-likeness (QED) is 0.0222. The SMILES string of the molecule is CC(C)(CO)Nc1ccnc(NC2CCC(Oc3cc(N4CCOCC4)cc4nccnc34)CC2)n1.COCCNc1cc(NC2CCC(Oc3cc(N4CCOCC4)cc4nccnc34)CC2)ncn1.Cn1cccc1C(=O)NC1CCC(Oc2cc(N3CCOCC3)cc3nccnc23)CC1.O=C(NC1CCC(Oc2cc(N3CCOCC3)cc3nccnc23)CC1)c1cc(C(F)(F)F)[nH]n1. The third-order valence-corrected chi connectivity index (χ3v) is 25.9. The maximum Gasteiger partial charge on any atom is 0.432 e. The fraction of sp³-hybridized carbons (Fsp3) is 0.500. The molecular formula is C98H122F3N25O12. The molecule has 37 nitrogen and oxygen atoms in total. The Morgan fingerprint density at radius 3 is 1.21 bits per heavy atom. The summed E-state index contributed by atoms with van der Waals surface area (Å²) < 4.78 is 93.0. The summed E-state index contributed by atoms with van der Waals surface area (Å²) in [6, 6.07) is 25.4. The molecule has 4 aliphatic heterocycles. The highest BCUT2D eigenvalue weighted by Gasteiger charge is 2.36. The summed E-state index contributed by atoms with van der Waals surface area (Å²) in [7, 11) is 3.57. The molecule has 732 valence electrons. The number of nitrogens with zero attached hydrogens (tertiary/aromatic N) is 18. The number of nitrogens with one attached hydrogen (secondary N) is 7. The van der Waals surface area contributed by atoms with Crippen LogP contribution in [0.4, 0.5) is 59.3 Å². The van der Waals surface area contributed by atoms with Gasteiger partial charge in [0.1, 0.15) is 80.2 Å². The van der Waals surface area contributed by atoms with E-state index in [1.54, 1.807) is 69.2 Å². The maximum atomic E-state index is 12.7. The van der Waals surface area contributed by atoms with Crippen molar-refractivity contribution < 1.29 is 70.5 Å². The summed E-state index contributed by atoms with van der Waals surface area (Å²) in [5, 5.41) is 34.3. The standard InChI is InChI=1S/C26H35N7O3.C25H33N7O3.C24H29N5O3.C23H25F3N6O3/c1-26(2,17-34)32-23-7-8-29-25(31-23)30-18-3-5-20(6-4-18)36-22-16-19(33-11-13-35-14-12-33)15-21-24(22)28-10-9-27-21;1-33-11-8-27-23-16-24(30-17-29-23)31-18-2-4-20(5-3-18)35-22-15-19(32-9-12-34-13-10-32)14-21-25(22)28-7-6-26-21;1-28-10-2-3-21(28)24(30)27-17-4-6-19(7-5-17)32-22-16-18(29-11-13-31-14-12-29)15-20-23(22)26-9-8-25-20;24-23(25,26)20-13-18(30-31-20)22(33)29-14-1-3-16(4-2-14)35-19-12-15(32-7-9-34-10-8-32)11-17-21(19)28-6-5-27-17/h7-10,15-16,18,20,34H,3-6,11-14,17H2,1-2H3,(H2,29,30,31,32);6-7,14-18,20H,2-5,8-13H2,1H3,(H2,27,29,30,31);2-3,8-10,15-17,19H,4-7,11-14H2,1H3,(H,27,30);5-6,11-14,16H,1-4,7-10H2,(H,29,33)(H,30,31). The minimum atomic E-state index is -4.57. The number of aryl methyl sites for hydroxylation is 1. The second-order valence-corrected chi connectivity index (χ2v) is 36.3. The van der Waals surface area contributed by atoms with Crippen LogP contribution in [0.25, 0.3) is 44.1 Å². The Labute approximate surface area is 798 Å². The van der Waals surface area contributed by atoms with Gasteiger partial charge in [0, 0.05) is 218 Å². The minimum Gasteiger partial charge on any atom is -0.488 e. The molecule has 40 heteroatoms. The normalized spacial score (nSPS) is 21.0. The number of anilines is 8. The molecule has 4 saturated carbocycles. The van der Waals surface area contributed by atoms with E-state index in [-0.39, 0.29) is 60.7 Å². The molecular weight excluding hydrogens is 1780 g/mol. The predicted octanol–water partition coefficient (Wildman–Crippen LogP) is 12.6. The van der Waals surface area contributed by atoms with Crippen LogP contribution in [0.1, 0.15) is 143 Å². The number of carbonyl (C=O) groups is 2. The number of methoxy groups -OCH3 is 1. The van der Waals surface area contributed by atoms with Gasteiger partial charge < -0.3 is 104 Å². The smallest absolute Gasteiger partial charge is 0.432 e. The van der Waals surface area contributed by atoms with E-state index >= 15 is 0 Å². The molecule has 8 aliphatic rings. The van der Waals surface area contributed by atoms with Gasteiger partial charge in [-0.05, 0) is 159 Å². The van der Waals surface area contributed by atoms with Crippen molar-refractivity contribution in [1.82, 2.24) is 85.2 Å². The lowest BCUT2D eigenvalue weighted by atomic mass is 9.92. The lowest BCUT2D eigenvalue weighted by Gasteiger charge is -2.31. The van der Waals surface area contributed by atoms with Crippen LogP contribution in [0.3, 0.4) is 0 Å². The fourth-order valence-corrected chi connectivity index (χ4v) is 18.4. The Morgan fingerprint density at radius 1 is 0.449 bits per heavy atom. The molecule has 0 spiro atoms. The zero-order valence-electron chi connectivity index (χ0n) is 78.3. The van der Waals surface area contributed by atoms with Crippen molar-refractivity contribution in [3.05, 3.63) is 164 Å². The topological polar surface area (TPSA) is 411 Å². The highest BCUT2D eigenvalue weighted by Crippen LogP contribution is 2.40. The second kappa shape index (κ2) is 46.4. The Kier molecular flexibility index (Phi) is 32.5. The minimum absolute atomic E-state index is 0.0126. The monoisotopic (exact) mass is 1900 g/mol. The van der Waals surface area contributed by atoms with E-state index in [0.29, 0.717) is 86.8 Å². The molecule has 12 heterocycles. The number of hydrogen-bond donors (Lipinski definition) is 8. The third kappa shape index (κ3) is 26.1. The number of fused-ring (bicyclic) bond motifs is 4. The molecule has 8 aromatic heterocycles. The number of amides is 2. The van der Waals surface area contributed by atoms with Gasteiger partial charge in [-0.3, -0.25) is 34.6 Å². The first-order valence-electron chi connectivity index (χ1n) is 47.9. The van der Waals surface area contributed by atoms with Crippen LogP contribution >= 0.6 is 0 Å². The van der Waals surface area contributed by atoms with E-state index in [1.165, 1.54) is 0 Å². The van der Waals surface area contributed by atoms with Gasteiger partial charge in [-0.1, -0.05) is 0 Å². The molecule has 0 unspecified atom stereocenters. The van der Waals surface area contributed by atoms with E-state index in [1.807, 2.05) is 73.2 Å². The molecule has 20 rings (SSSR count). The summed E-state index contributed by atoms with van der Waals surface area (Å²) in [6.07, 6.45) is 28.5. The van der Waals surface area contributed by atoms with Crippen LogP contribution in [0.5, 0.6) is 23.0 Å². The molecule has 4 aromatic carbocycles. The van der Waals surface area contributed by atoms with Gasteiger partial charge in [-0.25, -0.2) is 34.9 Å². The molecule has 2 amide bonds. The summed E-state index contributed by atoms with van der Waals surface area (Å²) in [5.41, 5.74) is 9.66. The van der Waals surface area contributed by atoms with Crippen molar-refractivity contribution in [2.45, 2.75) is 177 Å². The van der Waals surface area contributed by atoms with Crippen molar-refractivity contribution in [1.29, 1.82) is 0 Å². The van der Waals surface area contributed by atoms with Gasteiger partial charge in [-0.2, -0.15) is 23.3 Å². The lowest BCUT2D eigenvalue weighted by Crippen LogP contribution is -2.40. The zero-order chi connectivity index (χ0) is 95.2. The second-order valence-electron chi connectivity index (χ2n) is 36.3. The average molecular weight is 1900 g/mol. The molecule has 138 heavy (non-hydrogen) atoms. The number of H-pyrrole nitrogens is 1. The van der Waals surface area contributed by atoms with Crippen molar-refractivity contribution in [3.8, 4) is 23.0 Å². The first-order valence-corrected chi connectivity index (χ1v) is 47.9. The first kappa shape index (κ1) is 96.7. The van der Waals surface area contributed by atoms with E-state index in [2.05, 4.69) is 153 Å². The van der Waals surface area contributed by atoms with Gasteiger partial charge >= 0.3 is 6.18 Å². The lowest BCUT2D eigenvalue weighted by molar-refractivity contribution is -0.141. The maximum absolute atomic E-state index is 12.7. The van der Waals surface area contributed by atoms with E-state index in [9.17, 15) is 27.9 Å². The molecule has 12 aromatic rings. The predicted molar refractivity (Wildman–Crippen MR) is 517 cm³/mol. The molecule has 4 aliphatic carbocycles. The number of carbonyl (C=O) groups excluding carboxylic acids is 2. The van der Waals surface area contributed by atoms with E-state index in [4.69, 9.17) is 42.6 Å². The number of morpholine rings is 4. The molecule has 0 atom stereocenters. The molecule has 8 fully saturated rings. The van der Waals surface area contributed by atoms with Crippen molar-refractivity contribution in [3.63, 3.8) is 0 Å². The number of halogens is 3. The molecule has 8 N–H and O–H groups in total. The summed E-state index contributed by atoms with van der Waals surface area (Å²) in [4.78, 5) is 87.8. The molecule has 4 saturated heterocycles. The Hall–Kier alpha value is -13.0. The largest absolute Gasteiger partial charge is 0.488 e. The van der Waals surface area contributed by atoms with Gasteiger partial charge in [-0.15, -0.1) is 0 Å². The van der Waals surface area contributed by atoms with Crippen molar-refractivity contribution in [2.24, 2.45) is 7.05 Å². The van der Waals surface area contributed by atoms with Crippen molar-refractivity contribution in [2.75, 3.05) is 173 Å². The van der Waals surface area contributed by atoms with Gasteiger partial charge in [0.25, 0.3) is 11.8 Å². The number of ether oxygens (including phenoxy) is 9. The number of aromatic amines is 1. The van der Waals surface area contributed by atoms with Gasteiger partial charge in [0.15, 0.2) is 5.69 Å². The Morgan fingerprint density at radius 2 is 0.833 bits per heavy atom. The van der Waals surface area contributed by atoms with Crippen LogP contribution in [0.2, 0.25) is 0 Å². The molecule has 0 radical (unpaired) electrons. The van der Waals surface area contributed by atoms with Gasteiger partial charge in [0.2, 0.25) is 5.95 Å². The number of aromatic nitrogens is 15. The number of alkyl halides is 3. The van der Waals surface area contributed by atoms with Crippen molar-refractivity contribution >= 4 is 102 Å². The first-order chi connectivity index (χ1) is 67.3. The summed E-state index contributed by atoms with van der Waals surface area (Å²) >= 11 is 0. The average Bonchev–Trinajstić information content (AvgIpc) is 0.925. The number of aliphatic hydroxyl groups excluding tert-OH is 1. The number of hydrogen-bond acceptors (Lipinski definition) is 33. The van der Waals surface area contributed by atoms with Crippen LogP contribution in [-0.2, 0) is 36.9 Å². The number of rotatable bonds is 27. The summed E-state index contributed by atoms with van der Waals surface area (Å²) in [5.74, 6) is 5.35. The fourth-order valence-electron chi connectivity index (χ4n) is 18.4. The summed E-state index contributed by atoms with van der Waals surface area (Å²) in [6.45, 7) is 17.7. The van der Waals surface area contributed by atoms with Crippen LogP contribution in [0, 0.1) is 0 Å². The molecule has 0 bridgehead atoms. The third-order valence-electron chi connectivity index (χ3n) is 25.9. The Bertz CT molecular complexity index is 5970. The number of benzene rings is 4. The van der Waals surface area contributed by atoms with E-state index < -0.39 is 23.3 Å². The van der Waals surface area contributed by atoms with E-state index in [0.717, 1.165) is 265 Å². The number of aliphatic hydroxyl groups is 1. The van der Waals surface area contributed by atoms with Crippen LogP contribution in [0.15, 0.2) is 147 Å². The van der Waals surface area contributed by atoms with Crippen LogP contribution < -0.4 is 70.4 Å². The van der Waals surface area contributed by atoms with Gasteiger partial charge in [0.05, 0.1) is 118 Å².